The van der Waals surface area contributed by atoms with Crippen LogP contribution in [0.4, 0.5) is 4.79 Å². The van der Waals surface area contributed by atoms with Crippen LogP contribution in [0, 0.1) is 0 Å². The Hall–Kier alpha value is -4.72. The number of carboxylic acid groups (broad SMARTS) is 1. The van der Waals surface area contributed by atoms with E-state index in [0.29, 0.717) is 17.4 Å². The number of ether oxygens (including phenoxy) is 2. The average molecular weight is 652 g/mol. The van der Waals surface area contributed by atoms with E-state index in [0.717, 1.165) is 12.0 Å². The third-order valence-electron chi connectivity index (χ3n) is 8.23. The Morgan fingerprint density at radius 2 is 1.80 bits per heavy atom. The number of benzene rings is 1. The number of nitrogens with zero attached hydrogens (tertiary/aromatic N) is 4. The summed E-state index contributed by atoms with van der Waals surface area (Å²) in [5, 5.41) is 14.6. The molecule has 14 heteroatoms. The van der Waals surface area contributed by atoms with Crippen LogP contribution in [0.3, 0.4) is 0 Å². The molecule has 4 heterocycles. The van der Waals surface area contributed by atoms with Crippen LogP contribution in [0.2, 0.25) is 0 Å². The summed E-state index contributed by atoms with van der Waals surface area (Å²) >= 11 is 1.69. The highest BCUT2D eigenvalue weighted by atomic mass is 32.1. The van der Waals surface area contributed by atoms with Crippen molar-refractivity contribution in [2.45, 2.75) is 45.2 Å². The second-order valence-corrected chi connectivity index (χ2v) is 12.1. The quantitative estimate of drug-likeness (QED) is 0.336. The first-order valence-corrected chi connectivity index (χ1v) is 16.2. The number of carbonyl (C=O) groups is 5. The lowest BCUT2D eigenvalue weighted by atomic mass is 10.0. The molecule has 2 atom stereocenters. The summed E-state index contributed by atoms with van der Waals surface area (Å²) in [6.45, 7) is 5.21. The number of amides is 4. The average Bonchev–Trinajstić information content (AvgIpc) is 3.55. The number of aliphatic carboxylic acids is 1. The zero-order valence-electron chi connectivity index (χ0n) is 25.8. The molecule has 244 valence electrons. The molecule has 2 aliphatic heterocycles. The fourth-order valence-electron chi connectivity index (χ4n) is 5.75. The molecule has 2 aromatic heterocycles. The minimum Gasteiger partial charge on any atom is -0.483 e. The summed E-state index contributed by atoms with van der Waals surface area (Å²) in [5.74, 6) is -2.15. The van der Waals surface area contributed by atoms with Gasteiger partial charge in [-0.1, -0.05) is 12.1 Å². The topological polar surface area (TPSA) is 159 Å². The Bertz CT molecular complexity index is 1620. The molecule has 0 saturated carbocycles. The van der Waals surface area contributed by atoms with Gasteiger partial charge in [0.15, 0.2) is 6.61 Å². The summed E-state index contributed by atoms with van der Waals surface area (Å²) in [6, 6.07) is 9.31. The second-order valence-electron chi connectivity index (χ2n) is 11.1. The molecule has 1 aromatic carbocycles. The van der Waals surface area contributed by atoms with Gasteiger partial charge in [0.1, 0.15) is 17.5 Å². The molecule has 4 amide bonds. The molecule has 0 spiro atoms. The number of carboxylic acids is 1. The number of para-hydroxylation sites is 1. The van der Waals surface area contributed by atoms with Gasteiger partial charge in [0.25, 0.3) is 11.8 Å². The maximum Gasteiger partial charge on any atom is 0.409 e. The number of rotatable bonds is 10. The number of fused-ring (bicyclic) bond motifs is 2. The number of hydrogen-bond donors (Lipinski definition) is 2. The van der Waals surface area contributed by atoms with Crippen molar-refractivity contribution in [1.82, 2.24) is 25.0 Å². The Morgan fingerprint density at radius 1 is 1.07 bits per heavy atom. The van der Waals surface area contributed by atoms with E-state index in [1.54, 1.807) is 47.4 Å². The molecule has 46 heavy (non-hydrogen) atoms. The van der Waals surface area contributed by atoms with Gasteiger partial charge in [0.05, 0.1) is 18.2 Å². The third kappa shape index (κ3) is 7.39. The number of nitrogens with one attached hydrogen (secondary N) is 1. The molecule has 3 aromatic rings. The Labute approximate surface area is 270 Å². The number of piperazine rings is 1. The molecule has 0 aliphatic carbocycles. The molecule has 1 fully saturated rings. The standard InChI is InChI=1S/C32H37N5O8S/c1-3-44-32(43)36-15-13-35(14-16-36)31(42)24(8-9-29(39)40)34-30(41)25-18-26(22-6-4-5-7-23(22)33-25)45-19-28(38)37-12-10-27-21(20(37)2)11-17-46-27/h4-7,11,17-18,20,24H,3,8-10,12-16,19H2,1-2H3,(H,34,41)(H,39,40)/t20?,24-/m0/s1. The van der Waals surface area contributed by atoms with Crippen LogP contribution in [0.25, 0.3) is 10.9 Å². The van der Waals surface area contributed by atoms with E-state index in [1.807, 2.05) is 18.4 Å². The molecular weight excluding hydrogens is 614 g/mol. The van der Waals surface area contributed by atoms with Gasteiger partial charge in [-0.15, -0.1) is 11.3 Å². The summed E-state index contributed by atoms with van der Waals surface area (Å²) in [7, 11) is 0. The van der Waals surface area contributed by atoms with Gasteiger partial charge < -0.3 is 34.6 Å². The number of pyridine rings is 1. The normalized spacial score (nSPS) is 16.8. The van der Waals surface area contributed by atoms with Crippen LogP contribution in [0.5, 0.6) is 5.75 Å². The fourth-order valence-corrected chi connectivity index (χ4v) is 6.72. The van der Waals surface area contributed by atoms with Gasteiger partial charge in [-0.05, 0) is 55.8 Å². The van der Waals surface area contributed by atoms with Crippen molar-refractivity contribution >= 4 is 52.0 Å². The van der Waals surface area contributed by atoms with Crippen LogP contribution >= 0.6 is 11.3 Å². The molecule has 2 aliphatic rings. The predicted molar refractivity (Wildman–Crippen MR) is 169 cm³/mol. The van der Waals surface area contributed by atoms with Gasteiger partial charge in [-0.2, -0.15) is 0 Å². The zero-order valence-corrected chi connectivity index (χ0v) is 26.6. The van der Waals surface area contributed by atoms with Crippen molar-refractivity contribution in [1.29, 1.82) is 0 Å². The fraction of sp³-hybridized carbons (Fsp3) is 0.438. The van der Waals surface area contributed by atoms with Gasteiger partial charge in [-0.3, -0.25) is 19.2 Å². The largest absolute Gasteiger partial charge is 0.483 e. The molecule has 13 nitrogen and oxygen atoms in total. The Morgan fingerprint density at radius 3 is 2.54 bits per heavy atom. The van der Waals surface area contributed by atoms with E-state index in [9.17, 15) is 29.1 Å². The highest BCUT2D eigenvalue weighted by Gasteiger charge is 2.32. The summed E-state index contributed by atoms with van der Waals surface area (Å²) in [6.07, 6.45) is -0.157. The van der Waals surface area contributed by atoms with Crippen LogP contribution in [-0.2, 0) is 25.5 Å². The van der Waals surface area contributed by atoms with Crippen molar-refractivity contribution in [3.63, 3.8) is 0 Å². The smallest absolute Gasteiger partial charge is 0.409 e. The van der Waals surface area contributed by atoms with E-state index in [2.05, 4.69) is 10.3 Å². The molecule has 0 bridgehead atoms. The highest BCUT2D eigenvalue weighted by Crippen LogP contribution is 2.33. The summed E-state index contributed by atoms with van der Waals surface area (Å²) in [4.78, 5) is 74.2. The Kier molecular flexibility index (Phi) is 10.4. The van der Waals surface area contributed by atoms with E-state index in [1.165, 1.54) is 20.7 Å². The zero-order chi connectivity index (χ0) is 32.8. The first-order valence-electron chi connectivity index (χ1n) is 15.3. The number of carbonyl (C=O) groups excluding carboxylic acids is 4. The van der Waals surface area contributed by atoms with Crippen molar-refractivity contribution in [3.05, 3.63) is 57.9 Å². The maximum atomic E-state index is 13.5. The molecule has 2 N–H and O–H groups in total. The minimum atomic E-state index is -1.14. The third-order valence-corrected chi connectivity index (χ3v) is 9.22. The summed E-state index contributed by atoms with van der Waals surface area (Å²) < 4.78 is 11.0. The number of aromatic nitrogens is 1. The van der Waals surface area contributed by atoms with Gasteiger partial charge in [-0.25, -0.2) is 9.78 Å². The lowest BCUT2D eigenvalue weighted by Gasteiger charge is -2.35. The van der Waals surface area contributed by atoms with Crippen molar-refractivity contribution in [3.8, 4) is 5.75 Å². The second kappa shape index (κ2) is 14.6. The molecule has 1 unspecified atom stereocenters. The molecular formula is C32H37N5O8S. The number of thiophene rings is 1. The van der Waals surface area contributed by atoms with Crippen LogP contribution in [-0.4, -0.2) is 107 Å². The van der Waals surface area contributed by atoms with Crippen molar-refractivity contribution in [2.24, 2.45) is 0 Å². The van der Waals surface area contributed by atoms with Crippen molar-refractivity contribution in [2.75, 3.05) is 45.9 Å². The van der Waals surface area contributed by atoms with Crippen LogP contribution in [0.15, 0.2) is 41.8 Å². The Balaban J connectivity index is 1.29. The first kappa shape index (κ1) is 32.7. The molecule has 1 saturated heterocycles. The van der Waals surface area contributed by atoms with Crippen LogP contribution in [0.1, 0.15) is 53.7 Å². The van der Waals surface area contributed by atoms with E-state index < -0.39 is 29.9 Å². The first-order chi connectivity index (χ1) is 22.2. The predicted octanol–water partition coefficient (Wildman–Crippen LogP) is 3.08. The summed E-state index contributed by atoms with van der Waals surface area (Å²) in [5.41, 5.74) is 1.55. The number of hydrogen-bond acceptors (Lipinski definition) is 9. The SMILES string of the molecule is CCOC(=O)N1CCN(C(=O)[C@H](CCC(=O)O)NC(=O)c2cc(OCC(=O)N3CCc4sccc4C3C)c3ccccc3n2)CC1. The maximum absolute atomic E-state index is 13.5. The monoisotopic (exact) mass is 651 g/mol. The molecule has 5 rings (SSSR count). The van der Waals surface area contributed by atoms with Gasteiger partial charge in [0, 0.05) is 55.5 Å². The lowest BCUT2D eigenvalue weighted by molar-refractivity contribution is -0.138. The van der Waals surface area contributed by atoms with Crippen LogP contribution < -0.4 is 10.1 Å². The highest BCUT2D eigenvalue weighted by molar-refractivity contribution is 7.10. The van der Waals surface area contributed by atoms with E-state index in [4.69, 9.17) is 9.47 Å². The van der Waals surface area contributed by atoms with Crippen molar-refractivity contribution < 1.29 is 38.6 Å². The van der Waals surface area contributed by atoms with Gasteiger partial charge in [0.2, 0.25) is 5.91 Å². The lowest BCUT2D eigenvalue weighted by Crippen LogP contribution is -2.56. The van der Waals surface area contributed by atoms with Gasteiger partial charge >= 0.3 is 12.1 Å². The minimum absolute atomic E-state index is 0.0457. The van der Waals surface area contributed by atoms with E-state index in [-0.39, 0.29) is 75.6 Å². The van der Waals surface area contributed by atoms with E-state index >= 15 is 0 Å². The molecule has 0 radical (unpaired) electrons.